The number of hydrogen-bond acceptors (Lipinski definition) is 4. The Bertz CT molecular complexity index is 1220. The lowest BCUT2D eigenvalue weighted by Gasteiger charge is -2.21. The van der Waals surface area contributed by atoms with Gasteiger partial charge in [0.1, 0.15) is 0 Å². The number of halogens is 3. The molecule has 0 radical (unpaired) electrons. The van der Waals surface area contributed by atoms with Gasteiger partial charge < -0.3 is 0 Å². The van der Waals surface area contributed by atoms with Gasteiger partial charge in [-0.2, -0.15) is 9.41 Å². The van der Waals surface area contributed by atoms with Crippen LogP contribution >= 0.6 is 39.1 Å². The lowest BCUT2D eigenvalue weighted by molar-refractivity contribution is -0.121. The fourth-order valence-electron chi connectivity index (χ4n) is 2.75. The second-order valence-electron chi connectivity index (χ2n) is 6.65. The van der Waals surface area contributed by atoms with Crippen molar-refractivity contribution in [3.05, 3.63) is 98.4 Å². The molecule has 0 heterocycles. The Balaban J connectivity index is 1.78. The largest absolute Gasteiger partial charge is 0.272 e. The van der Waals surface area contributed by atoms with Crippen molar-refractivity contribution in [1.82, 2.24) is 9.73 Å². The molecule has 0 fully saturated rings. The molecule has 3 aromatic carbocycles. The number of carbonyl (C=O) groups excluding carboxylic acids is 1. The van der Waals surface area contributed by atoms with E-state index in [-0.39, 0.29) is 11.4 Å². The molecule has 10 heteroatoms. The van der Waals surface area contributed by atoms with Gasteiger partial charge in [0, 0.05) is 16.6 Å². The maximum atomic E-state index is 13.2. The van der Waals surface area contributed by atoms with E-state index in [1.54, 1.807) is 48.5 Å². The number of nitrogens with zero attached hydrogens (tertiary/aromatic N) is 2. The third-order valence-electron chi connectivity index (χ3n) is 4.35. The first-order valence-electron chi connectivity index (χ1n) is 9.33. The van der Waals surface area contributed by atoms with Crippen molar-refractivity contribution in [2.24, 2.45) is 5.10 Å². The minimum absolute atomic E-state index is 0.0156. The highest BCUT2D eigenvalue weighted by atomic mass is 79.9. The van der Waals surface area contributed by atoms with Crippen molar-refractivity contribution >= 4 is 61.3 Å². The Labute approximate surface area is 205 Å². The molecule has 3 aromatic rings. The topological polar surface area (TPSA) is 78.8 Å². The quantitative estimate of drug-likeness (QED) is 0.311. The van der Waals surface area contributed by atoms with Crippen LogP contribution in [0.5, 0.6) is 0 Å². The summed E-state index contributed by atoms with van der Waals surface area (Å²) < 4.78 is 28.3. The highest BCUT2D eigenvalue weighted by molar-refractivity contribution is 9.10. The summed E-state index contributed by atoms with van der Waals surface area (Å²) in [5.41, 5.74) is 3.59. The van der Waals surface area contributed by atoms with Gasteiger partial charge in [0.2, 0.25) is 10.0 Å². The second-order valence-corrected chi connectivity index (χ2v) is 10.3. The van der Waals surface area contributed by atoms with Crippen molar-refractivity contribution < 1.29 is 13.2 Å². The number of amides is 1. The molecule has 0 bridgehead atoms. The van der Waals surface area contributed by atoms with Crippen LogP contribution in [0.25, 0.3) is 0 Å². The minimum Gasteiger partial charge on any atom is -0.272 e. The molecule has 3 rings (SSSR count). The lowest BCUT2D eigenvalue weighted by atomic mass is 10.2. The van der Waals surface area contributed by atoms with Crippen LogP contribution in [0.1, 0.15) is 11.1 Å². The number of rotatable bonds is 8. The van der Waals surface area contributed by atoms with Gasteiger partial charge in [0.15, 0.2) is 0 Å². The fraction of sp³-hybridized carbons (Fsp3) is 0.0909. The first kappa shape index (κ1) is 24.4. The first-order chi connectivity index (χ1) is 15.3. The number of hydrazone groups is 1. The monoisotopic (exact) mass is 553 g/mol. The Morgan fingerprint density at radius 2 is 1.69 bits per heavy atom. The average Bonchev–Trinajstić information content (AvgIpc) is 2.78. The molecule has 0 saturated heterocycles. The first-order valence-corrected chi connectivity index (χ1v) is 12.3. The standard InChI is InChI=1S/C22H18BrCl2N3O3S/c23-18-11-9-16(10-12-18)14-28(32(30,31)19-6-2-1-3-7-19)15-21(29)27-26-13-17-5-4-8-20(24)22(17)25/h1-13H,14-15H2,(H,27,29). The maximum Gasteiger partial charge on any atom is 0.255 e. The van der Waals surface area contributed by atoms with E-state index in [1.807, 2.05) is 12.1 Å². The smallest absolute Gasteiger partial charge is 0.255 e. The van der Waals surface area contributed by atoms with Crippen LogP contribution in [0, 0.1) is 0 Å². The predicted molar refractivity (Wildman–Crippen MR) is 130 cm³/mol. The van der Waals surface area contributed by atoms with Gasteiger partial charge in [-0.1, -0.05) is 81.6 Å². The van der Waals surface area contributed by atoms with E-state index in [0.717, 1.165) is 14.3 Å². The van der Waals surface area contributed by atoms with Gasteiger partial charge in [0.25, 0.3) is 5.91 Å². The molecule has 0 atom stereocenters. The second kappa shape index (κ2) is 11.1. The van der Waals surface area contributed by atoms with Gasteiger partial charge in [-0.05, 0) is 35.9 Å². The molecule has 166 valence electrons. The summed E-state index contributed by atoms with van der Waals surface area (Å²) in [6.45, 7) is -0.407. The van der Waals surface area contributed by atoms with Crippen LogP contribution in [0.3, 0.4) is 0 Å². The van der Waals surface area contributed by atoms with Crippen LogP contribution in [-0.2, 0) is 21.4 Å². The number of nitrogens with one attached hydrogen (secondary N) is 1. The van der Waals surface area contributed by atoms with Crippen LogP contribution in [0.15, 0.2) is 87.3 Å². The Morgan fingerprint density at radius 1 is 1.00 bits per heavy atom. The number of hydrogen-bond donors (Lipinski definition) is 1. The maximum absolute atomic E-state index is 13.2. The van der Waals surface area contributed by atoms with Crippen molar-refractivity contribution in [3.63, 3.8) is 0 Å². The van der Waals surface area contributed by atoms with Crippen LogP contribution in [0.2, 0.25) is 10.0 Å². The molecule has 6 nitrogen and oxygen atoms in total. The summed E-state index contributed by atoms with van der Waals surface area (Å²) in [6.07, 6.45) is 1.34. The van der Waals surface area contributed by atoms with Crippen LogP contribution in [-0.4, -0.2) is 31.4 Å². The third kappa shape index (κ3) is 6.40. The van der Waals surface area contributed by atoms with E-state index in [0.29, 0.717) is 15.6 Å². The molecule has 0 unspecified atom stereocenters. The highest BCUT2D eigenvalue weighted by Crippen LogP contribution is 2.24. The molecule has 0 aliphatic carbocycles. The third-order valence-corrected chi connectivity index (χ3v) is 7.52. The van der Waals surface area contributed by atoms with E-state index in [2.05, 4.69) is 26.5 Å². The van der Waals surface area contributed by atoms with Crippen molar-refractivity contribution in [1.29, 1.82) is 0 Å². The molecule has 32 heavy (non-hydrogen) atoms. The molecule has 0 aliphatic rings. The molecule has 0 aromatic heterocycles. The summed E-state index contributed by atoms with van der Waals surface area (Å²) in [5.74, 6) is -0.601. The van der Waals surface area contributed by atoms with Crippen molar-refractivity contribution in [2.45, 2.75) is 11.4 Å². The minimum atomic E-state index is -3.92. The SMILES string of the molecule is O=C(CN(Cc1ccc(Br)cc1)S(=O)(=O)c1ccccc1)NN=Cc1cccc(Cl)c1Cl. The number of sulfonamides is 1. The van der Waals surface area contributed by atoms with E-state index < -0.39 is 22.5 Å². The van der Waals surface area contributed by atoms with Gasteiger partial charge in [-0.15, -0.1) is 0 Å². The van der Waals surface area contributed by atoms with Crippen LogP contribution < -0.4 is 5.43 Å². The molecule has 0 saturated carbocycles. The molecule has 0 aliphatic heterocycles. The van der Waals surface area contributed by atoms with E-state index in [4.69, 9.17) is 23.2 Å². The Morgan fingerprint density at radius 3 is 2.38 bits per heavy atom. The summed E-state index contributed by atoms with van der Waals surface area (Å²) >= 11 is 15.4. The molecular weight excluding hydrogens is 537 g/mol. The number of benzene rings is 3. The zero-order valence-electron chi connectivity index (χ0n) is 16.6. The lowest BCUT2D eigenvalue weighted by Crippen LogP contribution is -2.39. The average molecular weight is 555 g/mol. The fourth-order valence-corrected chi connectivity index (χ4v) is 4.78. The summed E-state index contributed by atoms with van der Waals surface area (Å²) in [5, 5.41) is 4.53. The number of carbonyl (C=O) groups is 1. The summed E-state index contributed by atoms with van der Waals surface area (Å²) in [7, 11) is -3.92. The zero-order chi connectivity index (χ0) is 23.1. The van der Waals surface area contributed by atoms with E-state index >= 15 is 0 Å². The van der Waals surface area contributed by atoms with Crippen LogP contribution in [0.4, 0.5) is 0 Å². The molecule has 1 amide bonds. The van der Waals surface area contributed by atoms with Gasteiger partial charge in [0.05, 0.1) is 27.7 Å². The van der Waals surface area contributed by atoms with Gasteiger partial charge >= 0.3 is 0 Å². The molecular formula is C22H18BrCl2N3O3S. The van der Waals surface area contributed by atoms with E-state index in [1.165, 1.54) is 18.3 Å². The summed E-state index contributed by atoms with van der Waals surface area (Å²) in [4.78, 5) is 12.6. The van der Waals surface area contributed by atoms with E-state index in [9.17, 15) is 13.2 Å². The van der Waals surface area contributed by atoms with Gasteiger partial charge in [-0.3, -0.25) is 4.79 Å². The normalized spacial score (nSPS) is 11.8. The molecule has 0 spiro atoms. The van der Waals surface area contributed by atoms with Gasteiger partial charge in [-0.25, -0.2) is 13.8 Å². The Kier molecular flexibility index (Phi) is 8.44. The summed E-state index contributed by atoms with van der Waals surface area (Å²) in [6, 6.07) is 20.2. The van der Waals surface area contributed by atoms with Crippen molar-refractivity contribution in [2.75, 3.05) is 6.54 Å². The Hall–Kier alpha value is -2.23. The molecule has 1 N–H and O–H groups in total. The highest BCUT2D eigenvalue weighted by Gasteiger charge is 2.26. The predicted octanol–water partition coefficient (Wildman–Crippen LogP) is 5.10. The zero-order valence-corrected chi connectivity index (χ0v) is 20.5. The van der Waals surface area contributed by atoms with Crippen molar-refractivity contribution in [3.8, 4) is 0 Å².